The van der Waals surface area contributed by atoms with Gasteiger partial charge in [-0.25, -0.2) is 0 Å². The monoisotopic (exact) mass is 196 g/mol. The molecule has 1 aliphatic rings. The molecule has 0 radical (unpaired) electrons. The summed E-state index contributed by atoms with van der Waals surface area (Å²) in [4.78, 5) is 11.9. The van der Waals surface area contributed by atoms with Crippen LogP contribution in [0.4, 0.5) is 0 Å². The molecule has 1 nitrogen and oxygen atoms in total. The van der Waals surface area contributed by atoms with Crippen LogP contribution in [0.1, 0.15) is 66.2 Å². The third kappa shape index (κ3) is 3.11. The third-order valence-corrected chi connectivity index (χ3v) is 3.48. The van der Waals surface area contributed by atoms with Gasteiger partial charge in [0.1, 0.15) is 5.78 Å². The summed E-state index contributed by atoms with van der Waals surface area (Å²) < 4.78 is 0. The molecule has 0 bridgehead atoms. The molecule has 0 unspecified atom stereocenters. The molecule has 0 aliphatic heterocycles. The summed E-state index contributed by atoms with van der Waals surface area (Å²) in [5, 5.41) is 0. The average molecular weight is 196 g/mol. The van der Waals surface area contributed by atoms with Gasteiger partial charge in [-0.3, -0.25) is 4.79 Å². The summed E-state index contributed by atoms with van der Waals surface area (Å²) in [5.74, 6) is 0.432. The fraction of sp³-hybridized carbons (Fsp3) is 0.923. The van der Waals surface area contributed by atoms with Crippen molar-refractivity contribution in [3.8, 4) is 0 Å². The molecular weight excluding hydrogens is 172 g/mol. The van der Waals surface area contributed by atoms with Crippen LogP contribution >= 0.6 is 0 Å². The zero-order valence-corrected chi connectivity index (χ0v) is 10.2. The predicted octanol–water partition coefficient (Wildman–Crippen LogP) is 3.96. The van der Waals surface area contributed by atoms with E-state index >= 15 is 0 Å². The topological polar surface area (TPSA) is 17.1 Å². The highest BCUT2D eigenvalue weighted by atomic mass is 16.1. The van der Waals surface area contributed by atoms with Crippen molar-refractivity contribution in [1.29, 1.82) is 0 Å². The number of ketones is 1. The van der Waals surface area contributed by atoms with Crippen LogP contribution in [0.2, 0.25) is 0 Å². The molecule has 0 aromatic heterocycles. The molecular formula is C13H24O. The molecule has 1 saturated carbocycles. The SMILES string of the molecule is CC1(CC(=O)C(C)(C)C)CCCCC1. The molecule has 1 aliphatic carbocycles. The maximum atomic E-state index is 11.9. The smallest absolute Gasteiger partial charge is 0.138 e. The quantitative estimate of drug-likeness (QED) is 0.653. The van der Waals surface area contributed by atoms with Gasteiger partial charge in [0, 0.05) is 11.8 Å². The first-order valence-corrected chi connectivity index (χ1v) is 5.87. The van der Waals surface area contributed by atoms with Crippen molar-refractivity contribution in [2.24, 2.45) is 10.8 Å². The molecule has 0 saturated heterocycles. The van der Waals surface area contributed by atoms with E-state index in [0.717, 1.165) is 6.42 Å². The number of rotatable bonds is 2. The van der Waals surface area contributed by atoms with Crippen molar-refractivity contribution < 1.29 is 4.79 Å². The van der Waals surface area contributed by atoms with Crippen molar-refractivity contribution in [2.45, 2.75) is 66.2 Å². The molecule has 0 spiro atoms. The highest BCUT2D eigenvalue weighted by Crippen LogP contribution is 2.40. The van der Waals surface area contributed by atoms with Crippen molar-refractivity contribution in [3.05, 3.63) is 0 Å². The van der Waals surface area contributed by atoms with Gasteiger partial charge in [-0.1, -0.05) is 47.0 Å². The standard InChI is InChI=1S/C13H24O/c1-12(2,3)11(14)10-13(4)8-6-5-7-9-13/h5-10H2,1-4H3. The Morgan fingerprint density at radius 3 is 2.07 bits per heavy atom. The Morgan fingerprint density at radius 1 is 1.14 bits per heavy atom. The molecule has 0 N–H and O–H groups in total. The zero-order valence-electron chi connectivity index (χ0n) is 10.2. The van der Waals surface area contributed by atoms with Crippen molar-refractivity contribution in [3.63, 3.8) is 0 Å². The second kappa shape index (κ2) is 4.04. The molecule has 1 heteroatoms. The summed E-state index contributed by atoms with van der Waals surface area (Å²) in [5.41, 5.74) is 0.156. The lowest BCUT2D eigenvalue weighted by atomic mass is 9.70. The first kappa shape index (κ1) is 11.7. The van der Waals surface area contributed by atoms with Gasteiger partial charge in [0.25, 0.3) is 0 Å². The Hall–Kier alpha value is -0.330. The van der Waals surface area contributed by atoms with Crippen LogP contribution in [0.5, 0.6) is 0 Å². The minimum absolute atomic E-state index is 0.152. The Morgan fingerprint density at radius 2 is 1.64 bits per heavy atom. The highest BCUT2D eigenvalue weighted by molar-refractivity contribution is 5.84. The van der Waals surface area contributed by atoms with E-state index in [1.54, 1.807) is 0 Å². The molecule has 1 fully saturated rings. The van der Waals surface area contributed by atoms with E-state index in [-0.39, 0.29) is 5.41 Å². The minimum atomic E-state index is -0.152. The molecule has 0 atom stereocenters. The van der Waals surface area contributed by atoms with Gasteiger partial charge in [-0.15, -0.1) is 0 Å². The van der Waals surface area contributed by atoms with Gasteiger partial charge in [0.15, 0.2) is 0 Å². The minimum Gasteiger partial charge on any atom is -0.299 e. The Kier molecular flexibility index (Phi) is 3.39. The van der Waals surface area contributed by atoms with Crippen LogP contribution in [-0.4, -0.2) is 5.78 Å². The second-order valence-corrected chi connectivity index (χ2v) is 6.22. The number of Topliss-reactive ketones (excluding diaryl/α,β-unsaturated/α-hetero) is 1. The fourth-order valence-electron chi connectivity index (χ4n) is 2.23. The first-order chi connectivity index (χ1) is 6.33. The molecule has 0 aromatic carbocycles. The van der Waals surface area contributed by atoms with Gasteiger partial charge >= 0.3 is 0 Å². The van der Waals surface area contributed by atoms with E-state index in [0.29, 0.717) is 11.2 Å². The molecule has 82 valence electrons. The Balaban J connectivity index is 2.54. The fourth-order valence-corrected chi connectivity index (χ4v) is 2.23. The lowest BCUT2D eigenvalue weighted by Crippen LogP contribution is -2.30. The number of hydrogen-bond acceptors (Lipinski definition) is 1. The van der Waals surface area contributed by atoms with E-state index in [9.17, 15) is 4.79 Å². The number of hydrogen-bond donors (Lipinski definition) is 0. The lowest BCUT2D eigenvalue weighted by molar-refractivity contribution is -0.129. The zero-order chi connectivity index (χ0) is 10.8. The first-order valence-electron chi connectivity index (χ1n) is 5.87. The normalized spacial score (nSPS) is 22.0. The van der Waals surface area contributed by atoms with E-state index in [4.69, 9.17) is 0 Å². The summed E-state index contributed by atoms with van der Waals surface area (Å²) >= 11 is 0. The molecule has 1 rings (SSSR count). The van der Waals surface area contributed by atoms with Gasteiger partial charge in [-0.05, 0) is 18.3 Å². The van der Waals surface area contributed by atoms with E-state index in [2.05, 4.69) is 6.92 Å². The van der Waals surface area contributed by atoms with Gasteiger partial charge in [0.2, 0.25) is 0 Å². The summed E-state index contributed by atoms with van der Waals surface area (Å²) in [6, 6.07) is 0. The molecule has 0 aromatic rings. The van der Waals surface area contributed by atoms with Crippen LogP contribution in [0, 0.1) is 10.8 Å². The maximum Gasteiger partial charge on any atom is 0.138 e. The van der Waals surface area contributed by atoms with Crippen LogP contribution in [0.25, 0.3) is 0 Å². The molecule has 0 heterocycles. The molecule has 0 amide bonds. The Labute approximate surface area is 88.3 Å². The van der Waals surface area contributed by atoms with E-state index in [1.807, 2.05) is 20.8 Å². The van der Waals surface area contributed by atoms with Gasteiger partial charge in [-0.2, -0.15) is 0 Å². The van der Waals surface area contributed by atoms with Crippen LogP contribution < -0.4 is 0 Å². The number of carbonyl (C=O) groups excluding carboxylic acids is 1. The maximum absolute atomic E-state index is 11.9. The van der Waals surface area contributed by atoms with E-state index in [1.165, 1.54) is 32.1 Å². The van der Waals surface area contributed by atoms with Gasteiger partial charge in [0.05, 0.1) is 0 Å². The van der Waals surface area contributed by atoms with E-state index < -0.39 is 0 Å². The molecule has 14 heavy (non-hydrogen) atoms. The largest absolute Gasteiger partial charge is 0.299 e. The highest BCUT2D eigenvalue weighted by Gasteiger charge is 2.33. The number of carbonyl (C=O) groups is 1. The summed E-state index contributed by atoms with van der Waals surface area (Å²) in [7, 11) is 0. The van der Waals surface area contributed by atoms with Crippen molar-refractivity contribution >= 4 is 5.78 Å². The van der Waals surface area contributed by atoms with Crippen molar-refractivity contribution in [2.75, 3.05) is 0 Å². The van der Waals surface area contributed by atoms with Crippen LogP contribution in [-0.2, 0) is 4.79 Å². The van der Waals surface area contributed by atoms with Crippen molar-refractivity contribution in [1.82, 2.24) is 0 Å². The van der Waals surface area contributed by atoms with Gasteiger partial charge < -0.3 is 0 Å². The third-order valence-electron chi connectivity index (χ3n) is 3.48. The average Bonchev–Trinajstić information content (AvgIpc) is 2.02. The second-order valence-electron chi connectivity index (χ2n) is 6.22. The van der Waals surface area contributed by atoms with Crippen LogP contribution in [0.3, 0.4) is 0 Å². The summed E-state index contributed by atoms with van der Waals surface area (Å²) in [6.45, 7) is 8.38. The summed E-state index contributed by atoms with van der Waals surface area (Å²) in [6.07, 6.45) is 7.27. The Bertz CT molecular complexity index is 204. The van der Waals surface area contributed by atoms with Crippen LogP contribution in [0.15, 0.2) is 0 Å². The lowest BCUT2D eigenvalue weighted by Gasteiger charge is -2.35. The predicted molar refractivity (Wildman–Crippen MR) is 60.3 cm³/mol.